The maximum Gasteiger partial charge on any atom is 0.416 e. The first-order valence-electron chi connectivity index (χ1n) is 7.12. The highest BCUT2D eigenvalue weighted by molar-refractivity contribution is 5.61. The van der Waals surface area contributed by atoms with Crippen molar-refractivity contribution in [1.82, 2.24) is 0 Å². The average molecular weight is 285 g/mol. The Morgan fingerprint density at radius 2 is 2.10 bits per heavy atom. The van der Waals surface area contributed by atoms with E-state index in [1.807, 2.05) is 0 Å². The molecule has 20 heavy (non-hydrogen) atoms. The summed E-state index contributed by atoms with van der Waals surface area (Å²) in [5, 5.41) is 3.25. The number of nitrogens with one attached hydrogen (secondary N) is 1. The van der Waals surface area contributed by atoms with Gasteiger partial charge in [0.2, 0.25) is 0 Å². The van der Waals surface area contributed by atoms with E-state index in [9.17, 15) is 13.2 Å². The molecule has 2 nitrogen and oxygen atoms in total. The number of rotatable bonds is 1. The van der Waals surface area contributed by atoms with E-state index in [-0.39, 0.29) is 12.1 Å². The summed E-state index contributed by atoms with van der Waals surface area (Å²) in [5.74, 6) is 1.17. The maximum atomic E-state index is 12.7. The third kappa shape index (κ3) is 2.45. The minimum absolute atomic E-state index is 0.0852. The molecule has 3 unspecified atom stereocenters. The largest absolute Gasteiger partial charge is 0.486 e. The number of benzene rings is 1. The predicted molar refractivity (Wildman–Crippen MR) is 70.9 cm³/mol. The third-order valence-electron chi connectivity index (χ3n) is 4.40. The van der Waals surface area contributed by atoms with Crippen LogP contribution in [0.15, 0.2) is 18.2 Å². The van der Waals surface area contributed by atoms with E-state index in [1.54, 1.807) is 0 Å². The van der Waals surface area contributed by atoms with Crippen LogP contribution in [0.2, 0.25) is 0 Å². The fourth-order valence-electron chi connectivity index (χ4n) is 3.18. The Bertz CT molecular complexity index is 500. The highest BCUT2D eigenvalue weighted by atomic mass is 19.4. The smallest absolute Gasteiger partial charge is 0.416 e. The van der Waals surface area contributed by atoms with Gasteiger partial charge in [-0.3, -0.25) is 0 Å². The molecule has 3 rings (SSSR count). The van der Waals surface area contributed by atoms with Gasteiger partial charge in [-0.1, -0.05) is 13.3 Å². The van der Waals surface area contributed by atoms with E-state index in [1.165, 1.54) is 6.07 Å². The van der Waals surface area contributed by atoms with Crippen molar-refractivity contribution >= 4 is 5.69 Å². The maximum absolute atomic E-state index is 12.7. The normalized spacial score (nSPS) is 28.9. The molecule has 1 aromatic rings. The Morgan fingerprint density at radius 1 is 1.30 bits per heavy atom. The molecule has 5 heteroatoms. The van der Waals surface area contributed by atoms with Gasteiger partial charge in [0.15, 0.2) is 0 Å². The van der Waals surface area contributed by atoms with Crippen LogP contribution >= 0.6 is 0 Å². The molecule has 3 atom stereocenters. The zero-order valence-electron chi connectivity index (χ0n) is 11.3. The number of anilines is 1. The van der Waals surface area contributed by atoms with Crippen molar-refractivity contribution in [3.05, 3.63) is 23.8 Å². The van der Waals surface area contributed by atoms with Gasteiger partial charge in [0, 0.05) is 0 Å². The Morgan fingerprint density at radius 3 is 2.80 bits per heavy atom. The van der Waals surface area contributed by atoms with Crippen LogP contribution in [-0.2, 0) is 6.18 Å². The van der Waals surface area contributed by atoms with Crippen LogP contribution in [0.5, 0.6) is 5.75 Å². The van der Waals surface area contributed by atoms with Crippen molar-refractivity contribution in [2.24, 2.45) is 5.92 Å². The molecule has 1 aromatic carbocycles. The molecule has 1 heterocycles. The number of hydrogen-bond donors (Lipinski definition) is 1. The Hall–Kier alpha value is -1.39. The molecule has 1 N–H and O–H groups in total. The molecule has 0 spiro atoms. The minimum atomic E-state index is -4.31. The summed E-state index contributed by atoms with van der Waals surface area (Å²) in [6.45, 7) is 2.16. The zero-order chi connectivity index (χ0) is 14.3. The Labute approximate surface area is 116 Å². The van der Waals surface area contributed by atoms with Gasteiger partial charge in [-0.25, -0.2) is 0 Å². The minimum Gasteiger partial charge on any atom is -0.486 e. The van der Waals surface area contributed by atoms with Crippen LogP contribution in [0.25, 0.3) is 0 Å². The SMILES string of the molecule is CCC1CCC2Oc3ccc(C(F)(F)F)cc3NC2C1. The Balaban J connectivity index is 1.84. The van der Waals surface area contributed by atoms with Crippen LogP contribution in [0.1, 0.15) is 38.2 Å². The molecule has 0 aromatic heterocycles. The van der Waals surface area contributed by atoms with E-state index in [4.69, 9.17) is 4.74 Å². The lowest BCUT2D eigenvalue weighted by Crippen LogP contribution is -2.45. The first-order valence-corrected chi connectivity index (χ1v) is 7.12. The summed E-state index contributed by atoms with van der Waals surface area (Å²) in [5.41, 5.74) is -0.161. The van der Waals surface area contributed by atoms with Gasteiger partial charge in [0.25, 0.3) is 0 Å². The van der Waals surface area contributed by atoms with Crippen LogP contribution < -0.4 is 10.1 Å². The van der Waals surface area contributed by atoms with Gasteiger partial charge in [-0.05, 0) is 43.4 Å². The lowest BCUT2D eigenvalue weighted by Gasteiger charge is -2.41. The van der Waals surface area contributed by atoms with Crippen molar-refractivity contribution < 1.29 is 17.9 Å². The topological polar surface area (TPSA) is 21.3 Å². The van der Waals surface area contributed by atoms with E-state index < -0.39 is 11.7 Å². The predicted octanol–water partition coefficient (Wildman–Crippen LogP) is 4.46. The van der Waals surface area contributed by atoms with Crippen molar-refractivity contribution in [2.75, 3.05) is 5.32 Å². The molecular formula is C15H18F3NO. The van der Waals surface area contributed by atoms with Crippen molar-refractivity contribution in [3.63, 3.8) is 0 Å². The van der Waals surface area contributed by atoms with E-state index in [0.717, 1.165) is 37.8 Å². The van der Waals surface area contributed by atoms with Crippen LogP contribution in [0.4, 0.5) is 18.9 Å². The summed E-state index contributed by atoms with van der Waals surface area (Å²) < 4.78 is 44.1. The van der Waals surface area contributed by atoms with Gasteiger partial charge < -0.3 is 10.1 Å². The zero-order valence-corrected chi connectivity index (χ0v) is 11.3. The molecular weight excluding hydrogens is 267 g/mol. The van der Waals surface area contributed by atoms with Crippen LogP contribution in [-0.4, -0.2) is 12.1 Å². The first kappa shape index (κ1) is 13.6. The summed E-state index contributed by atoms with van der Waals surface area (Å²) in [4.78, 5) is 0. The summed E-state index contributed by atoms with van der Waals surface area (Å²) in [6.07, 6.45) is -0.0445. The van der Waals surface area contributed by atoms with Crippen LogP contribution in [0, 0.1) is 5.92 Å². The van der Waals surface area contributed by atoms with Crippen LogP contribution in [0.3, 0.4) is 0 Å². The monoisotopic (exact) mass is 285 g/mol. The second-order valence-electron chi connectivity index (χ2n) is 5.70. The van der Waals surface area contributed by atoms with Crippen molar-refractivity contribution in [3.8, 4) is 5.75 Å². The fourth-order valence-corrected chi connectivity index (χ4v) is 3.18. The number of alkyl halides is 3. The van der Waals surface area contributed by atoms with E-state index in [0.29, 0.717) is 17.4 Å². The number of fused-ring (bicyclic) bond motifs is 2. The second kappa shape index (κ2) is 4.86. The standard InChI is InChI=1S/C15H18F3NO/c1-2-9-3-5-13-11(7-9)19-12-8-10(15(16,17)18)4-6-14(12)20-13/h4,6,8-9,11,13,19H,2-3,5,7H2,1H3. The summed E-state index contributed by atoms with van der Waals surface area (Å²) in [6, 6.07) is 3.79. The highest BCUT2D eigenvalue weighted by Gasteiger charge is 2.37. The van der Waals surface area contributed by atoms with Gasteiger partial charge >= 0.3 is 6.18 Å². The number of hydrogen-bond acceptors (Lipinski definition) is 2. The van der Waals surface area contributed by atoms with E-state index in [2.05, 4.69) is 12.2 Å². The number of ether oxygens (including phenoxy) is 1. The molecule has 2 aliphatic rings. The third-order valence-corrected chi connectivity index (χ3v) is 4.40. The molecule has 110 valence electrons. The average Bonchev–Trinajstić information content (AvgIpc) is 2.42. The van der Waals surface area contributed by atoms with Gasteiger partial charge in [0.05, 0.1) is 17.3 Å². The molecule has 1 saturated carbocycles. The summed E-state index contributed by atoms with van der Waals surface area (Å²) in [7, 11) is 0. The molecule has 1 fully saturated rings. The van der Waals surface area contributed by atoms with E-state index >= 15 is 0 Å². The van der Waals surface area contributed by atoms with Gasteiger partial charge in [0.1, 0.15) is 11.9 Å². The molecule has 1 aliphatic heterocycles. The first-order chi connectivity index (χ1) is 9.47. The molecule has 0 amide bonds. The molecule has 0 radical (unpaired) electrons. The summed E-state index contributed by atoms with van der Waals surface area (Å²) >= 11 is 0. The fraction of sp³-hybridized carbons (Fsp3) is 0.600. The second-order valence-corrected chi connectivity index (χ2v) is 5.70. The quantitative estimate of drug-likeness (QED) is 0.822. The van der Waals surface area contributed by atoms with Gasteiger partial charge in [-0.15, -0.1) is 0 Å². The number of halogens is 3. The highest BCUT2D eigenvalue weighted by Crippen LogP contribution is 2.41. The molecule has 1 aliphatic carbocycles. The molecule has 0 bridgehead atoms. The molecule has 0 saturated heterocycles. The lowest BCUT2D eigenvalue weighted by molar-refractivity contribution is -0.137. The van der Waals surface area contributed by atoms with Crippen molar-refractivity contribution in [1.29, 1.82) is 0 Å². The Kier molecular flexibility index (Phi) is 3.30. The van der Waals surface area contributed by atoms with Crippen molar-refractivity contribution in [2.45, 2.75) is 50.9 Å². The lowest BCUT2D eigenvalue weighted by atomic mass is 9.81. The van der Waals surface area contributed by atoms with Gasteiger partial charge in [-0.2, -0.15) is 13.2 Å².